The van der Waals surface area contributed by atoms with Crippen molar-refractivity contribution < 1.29 is 9.53 Å². The largest absolute Gasteiger partial charge is 0.444 e. The third-order valence-corrected chi connectivity index (χ3v) is 4.04. The Morgan fingerprint density at radius 3 is 2.91 bits per heavy atom. The van der Waals surface area contributed by atoms with E-state index in [0.717, 1.165) is 18.2 Å². The second kappa shape index (κ2) is 5.96. The van der Waals surface area contributed by atoms with Gasteiger partial charge in [-0.15, -0.1) is 0 Å². The lowest BCUT2D eigenvalue weighted by Gasteiger charge is -2.34. The molecule has 0 spiro atoms. The lowest BCUT2D eigenvalue weighted by atomic mass is 10.1. The Kier molecular flexibility index (Phi) is 4.14. The molecule has 1 saturated heterocycles. The number of piperidine rings is 1. The molecule has 1 aliphatic heterocycles. The number of nitrogens with zero attached hydrogens (tertiary/aromatic N) is 5. The molecule has 1 fully saturated rings. The van der Waals surface area contributed by atoms with Crippen LogP contribution in [0.3, 0.4) is 0 Å². The van der Waals surface area contributed by atoms with Crippen molar-refractivity contribution in [3.63, 3.8) is 0 Å². The third-order valence-electron chi connectivity index (χ3n) is 3.74. The van der Waals surface area contributed by atoms with Gasteiger partial charge in [0.05, 0.1) is 17.6 Å². The Morgan fingerprint density at radius 1 is 1.39 bits per heavy atom. The van der Waals surface area contributed by atoms with Gasteiger partial charge < -0.3 is 9.64 Å². The first-order valence-corrected chi connectivity index (χ1v) is 8.04. The minimum absolute atomic E-state index is 0.0553. The van der Waals surface area contributed by atoms with E-state index in [2.05, 4.69) is 15.1 Å². The highest BCUT2D eigenvalue weighted by molar-refractivity contribution is 6.33. The molecule has 7 nitrogen and oxygen atoms in total. The Morgan fingerprint density at radius 2 is 2.17 bits per heavy atom. The van der Waals surface area contributed by atoms with Crippen LogP contribution in [0.25, 0.3) is 11.0 Å². The van der Waals surface area contributed by atoms with Crippen LogP contribution in [0.5, 0.6) is 0 Å². The fourth-order valence-corrected chi connectivity index (χ4v) is 2.92. The van der Waals surface area contributed by atoms with Crippen LogP contribution in [-0.2, 0) is 4.74 Å². The van der Waals surface area contributed by atoms with Crippen LogP contribution in [0.1, 0.15) is 39.7 Å². The van der Waals surface area contributed by atoms with Crippen molar-refractivity contribution in [2.45, 2.75) is 45.3 Å². The molecule has 1 unspecified atom stereocenters. The van der Waals surface area contributed by atoms with E-state index in [0.29, 0.717) is 23.9 Å². The molecule has 2 aromatic rings. The summed E-state index contributed by atoms with van der Waals surface area (Å²) in [7, 11) is 0. The molecule has 0 bridgehead atoms. The average molecular weight is 338 g/mol. The maximum absolute atomic E-state index is 12.3. The van der Waals surface area contributed by atoms with Crippen molar-refractivity contribution in [1.82, 2.24) is 24.6 Å². The van der Waals surface area contributed by atoms with E-state index in [4.69, 9.17) is 16.3 Å². The highest BCUT2D eigenvalue weighted by atomic mass is 35.5. The summed E-state index contributed by atoms with van der Waals surface area (Å²) < 4.78 is 7.29. The lowest BCUT2D eigenvalue weighted by Crippen LogP contribution is -2.43. The zero-order chi connectivity index (χ0) is 16.6. The van der Waals surface area contributed by atoms with E-state index < -0.39 is 5.60 Å². The first kappa shape index (κ1) is 16.0. The van der Waals surface area contributed by atoms with Crippen LogP contribution in [0.4, 0.5) is 4.79 Å². The van der Waals surface area contributed by atoms with Crippen LogP contribution in [0.15, 0.2) is 12.5 Å². The van der Waals surface area contributed by atoms with Gasteiger partial charge in [0.25, 0.3) is 0 Å². The Hall–Kier alpha value is -1.89. The van der Waals surface area contributed by atoms with E-state index in [1.807, 2.05) is 25.5 Å². The van der Waals surface area contributed by atoms with Crippen LogP contribution in [-0.4, -0.2) is 49.4 Å². The van der Waals surface area contributed by atoms with Gasteiger partial charge in [0.15, 0.2) is 5.65 Å². The molecule has 23 heavy (non-hydrogen) atoms. The van der Waals surface area contributed by atoms with E-state index >= 15 is 0 Å². The van der Waals surface area contributed by atoms with E-state index in [1.165, 1.54) is 6.33 Å². The van der Waals surface area contributed by atoms with Crippen molar-refractivity contribution >= 4 is 28.7 Å². The van der Waals surface area contributed by atoms with Gasteiger partial charge in [-0.05, 0) is 33.6 Å². The van der Waals surface area contributed by atoms with Crippen LogP contribution < -0.4 is 0 Å². The summed E-state index contributed by atoms with van der Waals surface area (Å²) in [6, 6.07) is 0.0553. The summed E-state index contributed by atoms with van der Waals surface area (Å²) in [5.41, 5.74) is 0.199. The summed E-state index contributed by atoms with van der Waals surface area (Å²) in [5.74, 6) is 0. The van der Waals surface area contributed by atoms with Gasteiger partial charge in [-0.1, -0.05) is 11.6 Å². The number of halogens is 1. The van der Waals surface area contributed by atoms with Crippen molar-refractivity contribution in [2.24, 2.45) is 0 Å². The minimum atomic E-state index is -0.497. The number of amides is 1. The van der Waals surface area contributed by atoms with E-state index in [-0.39, 0.29) is 12.1 Å². The number of aromatic nitrogens is 4. The monoisotopic (exact) mass is 337 g/mol. The fraction of sp³-hybridized carbons (Fsp3) is 0.600. The highest BCUT2D eigenvalue weighted by Gasteiger charge is 2.29. The Labute approximate surface area is 139 Å². The predicted octanol–water partition coefficient (Wildman–Crippen LogP) is 3.05. The second-order valence-electron chi connectivity index (χ2n) is 6.71. The topological polar surface area (TPSA) is 73.1 Å². The molecule has 2 aromatic heterocycles. The maximum atomic E-state index is 12.3. The first-order valence-electron chi connectivity index (χ1n) is 7.67. The van der Waals surface area contributed by atoms with Gasteiger partial charge in [0.1, 0.15) is 17.1 Å². The first-order chi connectivity index (χ1) is 10.8. The molecule has 1 amide bonds. The molecule has 3 heterocycles. The molecule has 0 radical (unpaired) electrons. The van der Waals surface area contributed by atoms with Crippen molar-refractivity contribution in [1.29, 1.82) is 0 Å². The zero-order valence-corrected chi connectivity index (χ0v) is 14.2. The van der Waals surface area contributed by atoms with E-state index in [9.17, 15) is 4.79 Å². The molecule has 0 aromatic carbocycles. The lowest BCUT2D eigenvalue weighted by molar-refractivity contribution is 0.0169. The van der Waals surface area contributed by atoms with Gasteiger partial charge in [-0.2, -0.15) is 5.10 Å². The number of hydrogen-bond acceptors (Lipinski definition) is 5. The van der Waals surface area contributed by atoms with Gasteiger partial charge in [-0.25, -0.2) is 19.4 Å². The molecule has 3 rings (SSSR count). The van der Waals surface area contributed by atoms with E-state index in [1.54, 1.807) is 11.1 Å². The van der Waals surface area contributed by atoms with Crippen molar-refractivity contribution in [2.75, 3.05) is 13.1 Å². The summed E-state index contributed by atoms with van der Waals surface area (Å²) >= 11 is 6.07. The number of ether oxygens (including phenoxy) is 1. The number of carbonyl (C=O) groups is 1. The molecular weight excluding hydrogens is 318 g/mol. The highest BCUT2D eigenvalue weighted by Crippen LogP contribution is 2.27. The molecule has 0 aliphatic carbocycles. The number of likely N-dealkylation sites (tertiary alicyclic amines) is 1. The van der Waals surface area contributed by atoms with Gasteiger partial charge in [0, 0.05) is 13.1 Å². The zero-order valence-electron chi connectivity index (χ0n) is 13.5. The molecule has 1 aliphatic rings. The Balaban J connectivity index is 1.80. The molecule has 0 saturated carbocycles. The number of carbonyl (C=O) groups excluding carboxylic acids is 1. The normalized spacial score (nSPS) is 19.1. The number of rotatable bonds is 1. The molecular formula is C15H20ClN5O2. The summed E-state index contributed by atoms with van der Waals surface area (Å²) in [6.45, 7) is 6.85. The SMILES string of the molecule is CC(C)(C)OC(=O)N1CCCC(n2ncc3c(Cl)ncnc32)C1. The van der Waals surface area contributed by atoms with Crippen LogP contribution in [0.2, 0.25) is 5.15 Å². The van der Waals surface area contributed by atoms with Crippen LogP contribution in [0, 0.1) is 0 Å². The standard InChI is InChI=1S/C15H20ClN5O2/c1-15(2,3)23-14(22)20-6-4-5-10(8-20)21-13-11(7-19-21)12(16)17-9-18-13/h7,9-10H,4-6,8H2,1-3H3. The summed E-state index contributed by atoms with van der Waals surface area (Å²) in [5, 5.41) is 5.51. The van der Waals surface area contributed by atoms with Gasteiger partial charge >= 0.3 is 6.09 Å². The average Bonchev–Trinajstić information content (AvgIpc) is 2.91. The van der Waals surface area contributed by atoms with Crippen molar-refractivity contribution in [3.05, 3.63) is 17.7 Å². The van der Waals surface area contributed by atoms with Crippen molar-refractivity contribution in [3.8, 4) is 0 Å². The minimum Gasteiger partial charge on any atom is -0.444 e. The summed E-state index contributed by atoms with van der Waals surface area (Å²) in [6.07, 6.45) is 4.63. The molecule has 1 atom stereocenters. The molecule has 124 valence electrons. The smallest absolute Gasteiger partial charge is 0.410 e. The Bertz CT molecular complexity index is 724. The second-order valence-corrected chi connectivity index (χ2v) is 7.07. The third kappa shape index (κ3) is 3.39. The van der Waals surface area contributed by atoms with Crippen LogP contribution >= 0.6 is 11.6 Å². The number of fused-ring (bicyclic) bond motifs is 1. The predicted molar refractivity (Wildman–Crippen MR) is 86.4 cm³/mol. The quantitative estimate of drug-likeness (QED) is 0.748. The summed E-state index contributed by atoms with van der Waals surface area (Å²) in [4.78, 5) is 22.2. The van der Waals surface area contributed by atoms with Gasteiger partial charge in [0.2, 0.25) is 0 Å². The number of hydrogen-bond donors (Lipinski definition) is 0. The van der Waals surface area contributed by atoms with Gasteiger partial charge in [-0.3, -0.25) is 0 Å². The molecule has 0 N–H and O–H groups in total. The molecule has 8 heteroatoms. The fourth-order valence-electron chi connectivity index (χ4n) is 2.75. The maximum Gasteiger partial charge on any atom is 0.410 e.